The summed E-state index contributed by atoms with van der Waals surface area (Å²) in [6.07, 6.45) is 0. The van der Waals surface area contributed by atoms with E-state index < -0.39 is 0 Å². The molecule has 0 spiro atoms. The van der Waals surface area contributed by atoms with E-state index in [0.717, 1.165) is 30.7 Å². The quantitative estimate of drug-likeness (QED) is 0.891. The van der Waals surface area contributed by atoms with Gasteiger partial charge in [-0.25, -0.2) is 0 Å². The van der Waals surface area contributed by atoms with Gasteiger partial charge in [0.15, 0.2) is 0 Å². The van der Waals surface area contributed by atoms with Crippen molar-refractivity contribution >= 4 is 28.3 Å². The Bertz CT molecular complexity index is 345. The predicted octanol–water partition coefficient (Wildman–Crippen LogP) is 1.81. The summed E-state index contributed by atoms with van der Waals surface area (Å²) >= 11 is 3.47. The van der Waals surface area contributed by atoms with Crippen LogP contribution in [0.25, 0.3) is 0 Å². The fourth-order valence-corrected chi connectivity index (χ4v) is 2.56. The van der Waals surface area contributed by atoms with Gasteiger partial charge in [-0.2, -0.15) is 0 Å². The number of nitrogens with zero attached hydrogens (tertiary/aromatic N) is 1. The number of halogens is 2. The van der Waals surface area contributed by atoms with Crippen LogP contribution in [0.15, 0.2) is 28.7 Å². The van der Waals surface area contributed by atoms with Crippen molar-refractivity contribution in [3.05, 3.63) is 34.3 Å². The largest absolute Gasteiger partial charge is 0.394 e. The molecular formula is C12H18BrClN2O. The molecule has 0 aromatic heterocycles. The van der Waals surface area contributed by atoms with Crippen LogP contribution in [-0.4, -0.2) is 42.8 Å². The number of nitrogens with one attached hydrogen (secondary N) is 1. The highest BCUT2D eigenvalue weighted by molar-refractivity contribution is 9.10. The molecule has 2 N–H and O–H groups in total. The minimum atomic E-state index is 0. The van der Waals surface area contributed by atoms with E-state index in [9.17, 15) is 5.11 Å². The number of aliphatic hydroxyl groups is 1. The summed E-state index contributed by atoms with van der Waals surface area (Å²) in [5.74, 6) is 0. The lowest BCUT2D eigenvalue weighted by atomic mass is 10.1. The van der Waals surface area contributed by atoms with E-state index in [2.05, 4.69) is 38.3 Å². The normalized spacial score (nSPS) is 18.5. The zero-order valence-electron chi connectivity index (χ0n) is 9.60. The third-order valence-electron chi connectivity index (χ3n) is 3.00. The van der Waals surface area contributed by atoms with Crippen LogP contribution in [0.1, 0.15) is 11.6 Å². The Morgan fingerprint density at radius 3 is 2.65 bits per heavy atom. The minimum Gasteiger partial charge on any atom is -0.394 e. The van der Waals surface area contributed by atoms with E-state index in [1.807, 2.05) is 12.1 Å². The summed E-state index contributed by atoms with van der Waals surface area (Å²) in [4.78, 5) is 2.33. The average molecular weight is 322 g/mol. The first kappa shape index (κ1) is 14.9. The molecule has 1 heterocycles. The topological polar surface area (TPSA) is 35.5 Å². The Labute approximate surface area is 117 Å². The SMILES string of the molecule is Cl.OC[C@H](c1cccc(Br)c1)N1CCNCC1. The molecule has 0 radical (unpaired) electrons. The maximum absolute atomic E-state index is 9.55. The molecule has 0 amide bonds. The van der Waals surface area contributed by atoms with Gasteiger partial charge >= 0.3 is 0 Å². The zero-order valence-corrected chi connectivity index (χ0v) is 12.0. The van der Waals surface area contributed by atoms with Crippen molar-refractivity contribution in [2.24, 2.45) is 0 Å². The van der Waals surface area contributed by atoms with E-state index in [1.165, 1.54) is 5.56 Å². The summed E-state index contributed by atoms with van der Waals surface area (Å²) in [6.45, 7) is 4.18. The van der Waals surface area contributed by atoms with E-state index in [4.69, 9.17) is 0 Å². The number of rotatable bonds is 3. The third-order valence-corrected chi connectivity index (χ3v) is 3.49. The molecule has 0 unspecified atom stereocenters. The lowest BCUT2D eigenvalue weighted by Crippen LogP contribution is -2.46. The van der Waals surface area contributed by atoms with Crippen molar-refractivity contribution < 1.29 is 5.11 Å². The van der Waals surface area contributed by atoms with Crippen molar-refractivity contribution in [3.8, 4) is 0 Å². The third kappa shape index (κ3) is 3.93. The number of hydrogen-bond donors (Lipinski definition) is 2. The van der Waals surface area contributed by atoms with Crippen LogP contribution in [0, 0.1) is 0 Å². The van der Waals surface area contributed by atoms with E-state index >= 15 is 0 Å². The molecule has 1 aliphatic rings. The Morgan fingerprint density at radius 2 is 2.06 bits per heavy atom. The fourth-order valence-electron chi connectivity index (χ4n) is 2.14. The zero-order chi connectivity index (χ0) is 11.4. The van der Waals surface area contributed by atoms with Gasteiger partial charge in [0.2, 0.25) is 0 Å². The minimum absolute atomic E-state index is 0. The fraction of sp³-hybridized carbons (Fsp3) is 0.500. The lowest BCUT2D eigenvalue weighted by molar-refractivity contribution is 0.111. The van der Waals surface area contributed by atoms with Crippen LogP contribution in [-0.2, 0) is 0 Å². The molecule has 1 aliphatic heterocycles. The standard InChI is InChI=1S/C12H17BrN2O.ClH/c13-11-3-1-2-10(8-11)12(9-16)15-6-4-14-5-7-15;/h1-3,8,12,14,16H,4-7,9H2;1H/t12-;/m1./s1. The molecule has 96 valence electrons. The highest BCUT2D eigenvalue weighted by atomic mass is 79.9. The van der Waals surface area contributed by atoms with Crippen molar-refractivity contribution in [1.29, 1.82) is 0 Å². The number of aliphatic hydroxyl groups excluding tert-OH is 1. The molecule has 1 atom stereocenters. The van der Waals surface area contributed by atoms with Gasteiger partial charge in [-0.15, -0.1) is 12.4 Å². The summed E-state index contributed by atoms with van der Waals surface area (Å²) in [6, 6.07) is 8.32. The summed E-state index contributed by atoms with van der Waals surface area (Å²) in [7, 11) is 0. The number of benzene rings is 1. The molecule has 1 saturated heterocycles. The first-order valence-corrected chi connectivity index (χ1v) is 6.41. The summed E-state index contributed by atoms with van der Waals surface area (Å²) < 4.78 is 1.07. The van der Waals surface area contributed by atoms with Crippen molar-refractivity contribution in [2.45, 2.75) is 6.04 Å². The second kappa shape index (κ2) is 7.34. The molecule has 2 rings (SSSR count). The molecule has 1 aromatic carbocycles. The summed E-state index contributed by atoms with van der Waals surface area (Å²) in [5, 5.41) is 12.9. The number of piperazine rings is 1. The van der Waals surface area contributed by atoms with Gasteiger partial charge in [0, 0.05) is 30.7 Å². The second-order valence-electron chi connectivity index (χ2n) is 4.04. The summed E-state index contributed by atoms with van der Waals surface area (Å²) in [5.41, 5.74) is 1.18. The molecule has 0 bridgehead atoms. The van der Waals surface area contributed by atoms with Crippen molar-refractivity contribution in [2.75, 3.05) is 32.8 Å². The Hall–Kier alpha value is -0.130. The van der Waals surface area contributed by atoms with E-state index in [-0.39, 0.29) is 25.1 Å². The van der Waals surface area contributed by atoms with Crippen LogP contribution in [0.2, 0.25) is 0 Å². The molecule has 17 heavy (non-hydrogen) atoms. The van der Waals surface area contributed by atoms with Crippen molar-refractivity contribution in [3.63, 3.8) is 0 Å². The van der Waals surface area contributed by atoms with Gasteiger partial charge < -0.3 is 10.4 Å². The van der Waals surface area contributed by atoms with Crippen LogP contribution < -0.4 is 5.32 Å². The molecule has 5 heteroatoms. The molecule has 0 aliphatic carbocycles. The lowest BCUT2D eigenvalue weighted by Gasteiger charge is -2.34. The monoisotopic (exact) mass is 320 g/mol. The smallest absolute Gasteiger partial charge is 0.0628 e. The number of hydrogen-bond acceptors (Lipinski definition) is 3. The molecular weight excluding hydrogens is 304 g/mol. The molecule has 3 nitrogen and oxygen atoms in total. The molecule has 0 saturated carbocycles. The first-order valence-electron chi connectivity index (χ1n) is 5.62. The predicted molar refractivity (Wildman–Crippen MR) is 75.7 cm³/mol. The van der Waals surface area contributed by atoms with Gasteiger partial charge in [-0.3, -0.25) is 4.90 Å². The van der Waals surface area contributed by atoms with E-state index in [1.54, 1.807) is 0 Å². The van der Waals surface area contributed by atoms with Crippen LogP contribution >= 0.6 is 28.3 Å². The van der Waals surface area contributed by atoms with Crippen LogP contribution in [0.3, 0.4) is 0 Å². The highest BCUT2D eigenvalue weighted by Crippen LogP contribution is 2.23. The van der Waals surface area contributed by atoms with Crippen molar-refractivity contribution in [1.82, 2.24) is 10.2 Å². The maximum atomic E-state index is 9.55. The Kier molecular flexibility index (Phi) is 6.44. The van der Waals surface area contributed by atoms with Gasteiger partial charge in [0.05, 0.1) is 12.6 Å². The molecule has 1 fully saturated rings. The molecule has 1 aromatic rings. The highest BCUT2D eigenvalue weighted by Gasteiger charge is 2.21. The van der Waals surface area contributed by atoms with Gasteiger partial charge in [0.1, 0.15) is 0 Å². The Morgan fingerprint density at radius 1 is 1.35 bits per heavy atom. The first-order chi connectivity index (χ1) is 7.81. The van der Waals surface area contributed by atoms with E-state index in [0.29, 0.717) is 0 Å². The maximum Gasteiger partial charge on any atom is 0.0628 e. The van der Waals surface area contributed by atoms with Gasteiger partial charge in [-0.05, 0) is 17.7 Å². The average Bonchev–Trinajstić information content (AvgIpc) is 2.31. The van der Waals surface area contributed by atoms with Crippen LogP contribution in [0.5, 0.6) is 0 Å². The Balaban J connectivity index is 0.00000144. The second-order valence-corrected chi connectivity index (χ2v) is 4.96. The van der Waals surface area contributed by atoms with Gasteiger partial charge in [0.25, 0.3) is 0 Å². The van der Waals surface area contributed by atoms with Gasteiger partial charge in [-0.1, -0.05) is 28.1 Å². The van der Waals surface area contributed by atoms with Crippen LogP contribution in [0.4, 0.5) is 0 Å².